The molecule has 0 saturated carbocycles. The van der Waals surface area contributed by atoms with Gasteiger partial charge < -0.3 is 19.5 Å². The van der Waals surface area contributed by atoms with Crippen LogP contribution in [0.25, 0.3) is 0 Å². The van der Waals surface area contributed by atoms with Crippen molar-refractivity contribution in [1.82, 2.24) is 15.1 Å². The first kappa shape index (κ1) is 19.0. The monoisotopic (exact) mass is 396 g/mol. The van der Waals surface area contributed by atoms with Gasteiger partial charge in [0, 0.05) is 50.5 Å². The molecular weight excluding hydrogens is 372 g/mol. The SMILES string of the molecule is Cc1ccc(C(=O)N2CCCN(C(=O)c3ccco3)CC2)cc1N1CCNC1=O. The van der Waals surface area contributed by atoms with Crippen molar-refractivity contribution in [3.05, 3.63) is 53.5 Å². The second-order valence-electron chi connectivity index (χ2n) is 7.30. The minimum atomic E-state index is -0.151. The molecule has 1 aromatic heterocycles. The van der Waals surface area contributed by atoms with E-state index in [1.165, 1.54) is 6.26 Å². The van der Waals surface area contributed by atoms with Crippen molar-refractivity contribution in [2.75, 3.05) is 44.2 Å². The molecule has 4 amide bonds. The first-order chi connectivity index (χ1) is 14.0. The van der Waals surface area contributed by atoms with Crippen molar-refractivity contribution in [3.63, 3.8) is 0 Å². The molecule has 0 spiro atoms. The van der Waals surface area contributed by atoms with E-state index in [2.05, 4.69) is 5.32 Å². The van der Waals surface area contributed by atoms with Crippen molar-refractivity contribution in [2.45, 2.75) is 13.3 Å². The van der Waals surface area contributed by atoms with E-state index in [1.54, 1.807) is 39.0 Å². The Labute approximate surface area is 169 Å². The quantitative estimate of drug-likeness (QED) is 0.861. The Kier molecular flexibility index (Phi) is 5.24. The number of urea groups is 1. The Morgan fingerprint density at radius 3 is 2.41 bits per heavy atom. The van der Waals surface area contributed by atoms with Gasteiger partial charge in [0.25, 0.3) is 11.8 Å². The van der Waals surface area contributed by atoms with Gasteiger partial charge in [-0.25, -0.2) is 4.79 Å². The van der Waals surface area contributed by atoms with Crippen LogP contribution in [0.3, 0.4) is 0 Å². The molecule has 152 valence electrons. The highest BCUT2D eigenvalue weighted by atomic mass is 16.3. The third-order valence-electron chi connectivity index (χ3n) is 5.41. The molecule has 2 aromatic rings. The fraction of sp³-hybridized carbons (Fsp3) is 0.381. The van der Waals surface area contributed by atoms with Gasteiger partial charge in [-0.3, -0.25) is 14.5 Å². The van der Waals surface area contributed by atoms with Gasteiger partial charge in [-0.15, -0.1) is 0 Å². The van der Waals surface area contributed by atoms with Crippen molar-refractivity contribution in [2.24, 2.45) is 0 Å². The minimum absolute atomic E-state index is 0.0850. The Hall–Kier alpha value is -3.29. The number of hydrogen-bond donors (Lipinski definition) is 1. The van der Waals surface area contributed by atoms with Crippen molar-refractivity contribution >= 4 is 23.5 Å². The number of amides is 4. The summed E-state index contributed by atoms with van der Waals surface area (Å²) in [7, 11) is 0. The average Bonchev–Trinajstić information content (AvgIpc) is 3.34. The number of rotatable bonds is 3. The number of anilines is 1. The summed E-state index contributed by atoms with van der Waals surface area (Å²) in [5.74, 6) is 0.0805. The molecule has 0 atom stereocenters. The van der Waals surface area contributed by atoms with E-state index in [9.17, 15) is 14.4 Å². The molecule has 2 saturated heterocycles. The zero-order valence-corrected chi connectivity index (χ0v) is 16.4. The molecule has 1 N–H and O–H groups in total. The van der Waals surface area contributed by atoms with Gasteiger partial charge >= 0.3 is 6.03 Å². The highest BCUT2D eigenvalue weighted by molar-refractivity contribution is 5.99. The molecule has 2 fully saturated rings. The van der Waals surface area contributed by atoms with Crippen molar-refractivity contribution in [1.29, 1.82) is 0 Å². The highest BCUT2D eigenvalue weighted by Crippen LogP contribution is 2.24. The van der Waals surface area contributed by atoms with Crippen LogP contribution in [0.1, 0.15) is 32.9 Å². The van der Waals surface area contributed by atoms with E-state index in [0.717, 1.165) is 11.3 Å². The van der Waals surface area contributed by atoms with Gasteiger partial charge in [-0.1, -0.05) is 6.07 Å². The van der Waals surface area contributed by atoms with Crippen LogP contribution in [0.2, 0.25) is 0 Å². The summed E-state index contributed by atoms with van der Waals surface area (Å²) in [4.78, 5) is 42.8. The van der Waals surface area contributed by atoms with Crippen LogP contribution in [0, 0.1) is 6.92 Å². The molecule has 1 aromatic carbocycles. The largest absolute Gasteiger partial charge is 0.459 e. The first-order valence-corrected chi connectivity index (χ1v) is 9.82. The van der Waals surface area contributed by atoms with Gasteiger partial charge in [0.15, 0.2) is 5.76 Å². The average molecular weight is 396 g/mol. The van der Waals surface area contributed by atoms with E-state index in [4.69, 9.17) is 4.42 Å². The van der Waals surface area contributed by atoms with Gasteiger partial charge in [0.2, 0.25) is 0 Å². The van der Waals surface area contributed by atoms with Crippen molar-refractivity contribution < 1.29 is 18.8 Å². The highest BCUT2D eigenvalue weighted by Gasteiger charge is 2.27. The summed E-state index contributed by atoms with van der Waals surface area (Å²) >= 11 is 0. The number of furan rings is 1. The van der Waals surface area contributed by atoms with Gasteiger partial charge in [0.1, 0.15) is 0 Å². The number of carbonyl (C=O) groups is 3. The number of aryl methyl sites for hydroxylation is 1. The standard InChI is InChI=1S/C21H24N4O4/c1-15-5-6-16(14-17(15)25-10-7-22-21(25)28)19(26)23-8-3-9-24(12-11-23)20(27)18-4-2-13-29-18/h2,4-6,13-14H,3,7-12H2,1H3,(H,22,28). The van der Waals surface area contributed by atoms with Crippen LogP contribution in [0.4, 0.5) is 10.5 Å². The topological polar surface area (TPSA) is 86.1 Å². The predicted octanol–water partition coefficient (Wildman–Crippen LogP) is 2.11. The van der Waals surface area contributed by atoms with Crippen molar-refractivity contribution in [3.8, 4) is 0 Å². The van der Waals surface area contributed by atoms with Crippen LogP contribution in [-0.2, 0) is 0 Å². The van der Waals surface area contributed by atoms with Crippen LogP contribution in [-0.4, -0.2) is 66.9 Å². The fourth-order valence-corrected chi connectivity index (χ4v) is 3.80. The number of carbonyl (C=O) groups excluding carboxylic acids is 3. The van der Waals surface area contributed by atoms with E-state index >= 15 is 0 Å². The maximum Gasteiger partial charge on any atom is 0.322 e. The van der Waals surface area contributed by atoms with Crippen LogP contribution >= 0.6 is 0 Å². The number of nitrogens with one attached hydrogen (secondary N) is 1. The van der Waals surface area contributed by atoms with Gasteiger partial charge in [-0.05, 0) is 43.2 Å². The smallest absolute Gasteiger partial charge is 0.322 e. The second-order valence-corrected chi connectivity index (χ2v) is 7.30. The summed E-state index contributed by atoms with van der Waals surface area (Å²) in [5.41, 5.74) is 2.26. The Morgan fingerprint density at radius 2 is 1.76 bits per heavy atom. The zero-order valence-electron chi connectivity index (χ0n) is 16.4. The molecule has 0 aliphatic carbocycles. The number of nitrogens with zero attached hydrogens (tertiary/aromatic N) is 3. The lowest BCUT2D eigenvalue weighted by Gasteiger charge is -2.23. The zero-order chi connectivity index (χ0) is 20.4. The van der Waals surface area contributed by atoms with E-state index < -0.39 is 0 Å². The third kappa shape index (κ3) is 3.83. The predicted molar refractivity (Wildman–Crippen MR) is 107 cm³/mol. The Balaban J connectivity index is 1.47. The molecule has 8 heteroatoms. The third-order valence-corrected chi connectivity index (χ3v) is 5.41. The van der Waals surface area contributed by atoms with Crippen LogP contribution < -0.4 is 10.2 Å². The molecule has 8 nitrogen and oxygen atoms in total. The number of hydrogen-bond acceptors (Lipinski definition) is 4. The van der Waals surface area contributed by atoms with E-state index in [0.29, 0.717) is 57.0 Å². The van der Waals surface area contributed by atoms with Gasteiger partial charge in [-0.2, -0.15) is 0 Å². The normalized spacial score (nSPS) is 17.3. The summed E-state index contributed by atoms with van der Waals surface area (Å²) in [6.07, 6.45) is 2.18. The molecular formula is C21H24N4O4. The molecule has 0 bridgehead atoms. The lowest BCUT2D eigenvalue weighted by molar-refractivity contribution is 0.0700. The lowest BCUT2D eigenvalue weighted by Crippen LogP contribution is -2.37. The van der Waals surface area contributed by atoms with Gasteiger partial charge in [0.05, 0.1) is 6.26 Å². The van der Waals surface area contributed by atoms with E-state index in [-0.39, 0.29) is 17.8 Å². The molecule has 29 heavy (non-hydrogen) atoms. The van der Waals surface area contributed by atoms with Crippen LogP contribution in [0.5, 0.6) is 0 Å². The summed E-state index contributed by atoms with van der Waals surface area (Å²) in [6, 6.07) is 8.66. The Bertz CT molecular complexity index is 925. The molecule has 2 aliphatic heterocycles. The molecule has 4 rings (SSSR count). The van der Waals surface area contributed by atoms with Crippen LogP contribution in [0.15, 0.2) is 41.0 Å². The molecule has 3 heterocycles. The number of benzene rings is 1. The maximum atomic E-state index is 13.1. The maximum absolute atomic E-state index is 13.1. The Morgan fingerprint density at radius 1 is 1.00 bits per heavy atom. The first-order valence-electron chi connectivity index (χ1n) is 9.82. The molecule has 2 aliphatic rings. The second kappa shape index (κ2) is 7.98. The fourth-order valence-electron chi connectivity index (χ4n) is 3.80. The summed E-state index contributed by atoms with van der Waals surface area (Å²) in [6.45, 7) is 5.19. The lowest BCUT2D eigenvalue weighted by atomic mass is 10.1. The summed E-state index contributed by atoms with van der Waals surface area (Å²) in [5, 5.41) is 2.79. The summed E-state index contributed by atoms with van der Waals surface area (Å²) < 4.78 is 5.21. The molecule has 0 unspecified atom stereocenters. The van der Waals surface area contributed by atoms with E-state index in [1.807, 2.05) is 13.0 Å². The molecule has 0 radical (unpaired) electrons. The minimum Gasteiger partial charge on any atom is -0.459 e.